The van der Waals surface area contributed by atoms with E-state index >= 15 is 0 Å². The Kier molecular flexibility index (Phi) is 16.5. The number of primary amides is 2. The number of benzene rings is 4. The third-order valence-corrected chi connectivity index (χ3v) is 10.7. The van der Waals surface area contributed by atoms with Crippen LogP contribution in [0.5, 0.6) is 23.0 Å². The van der Waals surface area contributed by atoms with Gasteiger partial charge in [-0.05, 0) is 87.0 Å². The Labute approximate surface area is 373 Å². The zero-order valence-electron chi connectivity index (χ0n) is 36.9. The molecule has 0 radical (unpaired) electrons. The molecular formula is C49H57N9O6. The van der Waals surface area contributed by atoms with Crippen molar-refractivity contribution in [1.82, 2.24) is 20.6 Å². The van der Waals surface area contributed by atoms with Crippen molar-refractivity contribution in [2.24, 2.45) is 11.5 Å². The molecule has 6 aromatic rings. The molecule has 0 saturated heterocycles. The molecule has 2 amide bonds. The van der Waals surface area contributed by atoms with Gasteiger partial charge in [-0.1, -0.05) is 50.2 Å². The van der Waals surface area contributed by atoms with Gasteiger partial charge in [0.15, 0.2) is 23.0 Å². The van der Waals surface area contributed by atoms with E-state index in [0.29, 0.717) is 94.3 Å². The minimum absolute atomic E-state index is 0.292. The number of fused-ring (bicyclic) bond motifs is 2. The van der Waals surface area contributed by atoms with Gasteiger partial charge in [0.1, 0.15) is 0 Å². The Morgan fingerprint density at radius 1 is 0.703 bits per heavy atom. The lowest BCUT2D eigenvalue weighted by Crippen LogP contribution is -2.19. The third kappa shape index (κ3) is 11.9. The molecule has 4 aromatic carbocycles. The fourth-order valence-electron chi connectivity index (χ4n) is 7.13. The van der Waals surface area contributed by atoms with Gasteiger partial charge in [-0.15, -0.1) is 0 Å². The highest BCUT2D eigenvalue weighted by Crippen LogP contribution is 2.39. The monoisotopic (exact) mass is 867 g/mol. The molecule has 0 aliphatic heterocycles. The van der Waals surface area contributed by atoms with Crippen molar-refractivity contribution in [2.45, 2.75) is 58.4 Å². The van der Waals surface area contributed by atoms with Crippen LogP contribution in [0.25, 0.3) is 21.8 Å². The summed E-state index contributed by atoms with van der Waals surface area (Å²) in [7, 11) is 3.17. The first-order chi connectivity index (χ1) is 31.2. The van der Waals surface area contributed by atoms with Gasteiger partial charge >= 0.3 is 0 Å². The first-order valence-electron chi connectivity index (χ1n) is 21.6. The fourth-order valence-corrected chi connectivity index (χ4v) is 7.13. The number of para-hydroxylation sites is 2. The number of anilines is 4. The molecule has 0 bridgehead atoms. The maximum atomic E-state index is 12.2. The lowest BCUT2D eigenvalue weighted by atomic mass is 10.1. The molecule has 8 N–H and O–H groups in total. The van der Waals surface area contributed by atoms with Crippen LogP contribution in [0.4, 0.5) is 22.7 Å². The van der Waals surface area contributed by atoms with Crippen LogP contribution >= 0.6 is 0 Å². The maximum absolute atomic E-state index is 12.2. The summed E-state index contributed by atoms with van der Waals surface area (Å²) < 4.78 is 23.0. The zero-order valence-corrected chi connectivity index (χ0v) is 36.9. The number of nitrogens with zero attached hydrogens (tertiary/aromatic N) is 3. The molecule has 0 atom stereocenters. The number of pyridine rings is 2. The van der Waals surface area contributed by atoms with Crippen LogP contribution in [0.1, 0.15) is 71.4 Å². The molecule has 1 aliphatic rings. The van der Waals surface area contributed by atoms with Crippen LogP contribution in [0.15, 0.2) is 85.2 Å². The van der Waals surface area contributed by atoms with E-state index in [0.717, 1.165) is 60.1 Å². The van der Waals surface area contributed by atoms with Crippen molar-refractivity contribution in [3.8, 4) is 29.1 Å². The molecule has 7 rings (SSSR count). The van der Waals surface area contributed by atoms with Crippen molar-refractivity contribution in [1.29, 1.82) is 5.26 Å². The molecule has 0 unspecified atom stereocenters. The Bertz CT molecular complexity index is 2610. The summed E-state index contributed by atoms with van der Waals surface area (Å²) in [6.45, 7) is 7.05. The Morgan fingerprint density at radius 2 is 1.17 bits per heavy atom. The number of carbonyl (C=O) groups is 2. The quantitative estimate of drug-likeness (QED) is 0.0285. The van der Waals surface area contributed by atoms with E-state index in [4.69, 9.17) is 35.7 Å². The lowest BCUT2D eigenvalue weighted by Gasteiger charge is -2.17. The van der Waals surface area contributed by atoms with E-state index in [1.807, 2.05) is 66.7 Å². The van der Waals surface area contributed by atoms with Crippen LogP contribution in [0.2, 0.25) is 0 Å². The smallest absolute Gasteiger partial charge is 0.252 e. The van der Waals surface area contributed by atoms with Crippen molar-refractivity contribution < 1.29 is 28.5 Å². The van der Waals surface area contributed by atoms with E-state index in [1.54, 1.807) is 20.3 Å². The topological polar surface area (TPSA) is 221 Å². The molecule has 1 saturated carbocycles. The summed E-state index contributed by atoms with van der Waals surface area (Å²) in [5.41, 5.74) is 18.6. The first kappa shape index (κ1) is 46.4. The van der Waals surface area contributed by atoms with Crippen LogP contribution < -0.4 is 51.7 Å². The minimum atomic E-state index is -0.572. The molecule has 2 aromatic heterocycles. The van der Waals surface area contributed by atoms with E-state index in [1.165, 1.54) is 25.2 Å². The zero-order chi connectivity index (χ0) is 45.4. The number of nitriles is 1. The Morgan fingerprint density at radius 3 is 1.59 bits per heavy atom. The van der Waals surface area contributed by atoms with Gasteiger partial charge < -0.3 is 51.7 Å². The summed E-state index contributed by atoms with van der Waals surface area (Å²) in [5.74, 6) is 1.18. The Hall–Kier alpha value is -7.15. The number of aryl methyl sites for hydroxylation is 2. The number of amides is 2. The summed E-state index contributed by atoms with van der Waals surface area (Å²) >= 11 is 0. The number of methoxy groups -OCH3 is 2. The number of nitrogens with two attached hydrogens (primary N) is 2. The molecule has 2 heterocycles. The third-order valence-electron chi connectivity index (χ3n) is 10.7. The maximum Gasteiger partial charge on any atom is 0.252 e. The predicted molar refractivity (Wildman–Crippen MR) is 252 cm³/mol. The average molecular weight is 868 g/mol. The van der Waals surface area contributed by atoms with Gasteiger partial charge in [0.2, 0.25) is 0 Å². The van der Waals surface area contributed by atoms with Gasteiger partial charge in [-0.2, -0.15) is 5.26 Å². The van der Waals surface area contributed by atoms with Gasteiger partial charge in [-0.3, -0.25) is 19.6 Å². The molecule has 0 spiro atoms. The van der Waals surface area contributed by atoms with E-state index < -0.39 is 11.8 Å². The molecule has 15 nitrogen and oxygen atoms in total. The summed E-state index contributed by atoms with van der Waals surface area (Å²) in [5, 5.41) is 23.4. The van der Waals surface area contributed by atoms with Crippen molar-refractivity contribution in [2.75, 3.05) is 57.7 Å². The molecule has 64 heavy (non-hydrogen) atoms. The van der Waals surface area contributed by atoms with E-state index in [2.05, 4.69) is 51.1 Å². The standard InChI is InChI=1S/C25H30N4O3.C24H27N5O3/c1-3-16-7-4-5-8-20(16)29-24-18-13-23(32-12-6-11-27-17-9-10-17)22(31-2)14-21(18)28-15-19(24)25(26)30;1-3-16-7-4-5-8-19(16)29-23-17-13-22(32-12-6-10-27-11-9-25)21(31-2)14-20(17)28-15-18(23)24(26)30/h4-5,7-8,13-15,17,27H,3,6,9-12H2,1-2H3,(H2,26,30)(H,28,29);4-5,7-8,13-15,27H,3,6,10-12H2,1-2H3,(H2,26,30)(H,28,29). The summed E-state index contributed by atoms with van der Waals surface area (Å²) in [4.78, 5) is 33.2. The molecule has 334 valence electrons. The highest BCUT2D eigenvalue weighted by atomic mass is 16.5. The second-order valence-corrected chi connectivity index (χ2v) is 15.1. The number of hydrogen-bond donors (Lipinski definition) is 6. The van der Waals surface area contributed by atoms with Crippen molar-refractivity contribution in [3.63, 3.8) is 0 Å². The van der Waals surface area contributed by atoms with E-state index in [9.17, 15) is 9.59 Å². The van der Waals surface area contributed by atoms with Crippen LogP contribution in [-0.2, 0) is 12.8 Å². The lowest BCUT2D eigenvalue weighted by molar-refractivity contribution is 0.0992. The number of carbonyl (C=O) groups excluding carboxylic acids is 2. The minimum Gasteiger partial charge on any atom is -0.493 e. The van der Waals surface area contributed by atoms with Crippen LogP contribution in [0, 0.1) is 11.3 Å². The van der Waals surface area contributed by atoms with Crippen LogP contribution in [0.3, 0.4) is 0 Å². The second-order valence-electron chi connectivity index (χ2n) is 15.1. The number of aromatic nitrogens is 2. The number of hydrogen-bond acceptors (Lipinski definition) is 13. The molecule has 1 fully saturated rings. The normalized spacial score (nSPS) is 11.9. The number of ether oxygens (including phenoxy) is 4. The molecular weight excluding hydrogens is 811 g/mol. The molecule has 15 heteroatoms. The SMILES string of the molecule is CCc1ccccc1Nc1c(C(N)=O)cnc2cc(OC)c(OCCCNC3CC3)cc12.CCc1ccccc1Nc1c(C(N)=O)cnc2cc(OC)c(OCCCNCC#N)cc12. The summed E-state index contributed by atoms with van der Waals surface area (Å²) in [6, 6.07) is 25.9. The van der Waals surface area contributed by atoms with Gasteiger partial charge in [0, 0.05) is 52.7 Å². The van der Waals surface area contributed by atoms with Crippen LogP contribution in [-0.4, -0.2) is 74.9 Å². The first-order valence-corrected chi connectivity index (χ1v) is 21.6. The van der Waals surface area contributed by atoms with Gasteiger partial charge in [0.05, 0.1) is 73.6 Å². The predicted octanol–water partition coefficient (Wildman–Crippen LogP) is 7.70. The largest absolute Gasteiger partial charge is 0.493 e. The second kappa shape index (κ2) is 22.8. The average Bonchev–Trinajstić information content (AvgIpc) is 4.14. The summed E-state index contributed by atoms with van der Waals surface area (Å²) in [6.07, 6.45) is 8.82. The Balaban J connectivity index is 0.000000213. The number of rotatable bonds is 22. The fraction of sp³-hybridized carbons (Fsp3) is 0.327. The van der Waals surface area contributed by atoms with Gasteiger partial charge in [-0.25, -0.2) is 0 Å². The highest BCUT2D eigenvalue weighted by Gasteiger charge is 2.21. The van der Waals surface area contributed by atoms with Gasteiger partial charge in [0.25, 0.3) is 11.8 Å². The van der Waals surface area contributed by atoms with Crippen molar-refractivity contribution >= 4 is 56.4 Å². The van der Waals surface area contributed by atoms with E-state index in [-0.39, 0.29) is 0 Å². The highest BCUT2D eigenvalue weighted by molar-refractivity contribution is 6.09. The molecule has 1 aliphatic carbocycles. The van der Waals surface area contributed by atoms with Crippen molar-refractivity contribution in [3.05, 3.63) is 107 Å². The number of nitrogens with one attached hydrogen (secondary N) is 4.